The number of nitrogens with one attached hydrogen (secondary N) is 1. The Labute approximate surface area is 108 Å². The number of alkyl halides is 1. The summed E-state index contributed by atoms with van der Waals surface area (Å²) in [5, 5.41) is 2.49. The molecule has 2 nitrogen and oxygen atoms in total. The van der Waals surface area contributed by atoms with Crippen molar-refractivity contribution >= 4 is 21.8 Å². The van der Waals surface area contributed by atoms with Crippen molar-refractivity contribution in [3.05, 3.63) is 34.9 Å². The average molecular weight is 306 g/mol. The van der Waals surface area contributed by atoms with E-state index in [1.165, 1.54) is 13.0 Å². The van der Waals surface area contributed by atoms with Crippen LogP contribution in [-0.4, -0.2) is 17.3 Å². The smallest absolute Gasteiger partial charge is 0.257 e. The number of hydrogen-bond acceptors (Lipinski definition) is 1. The lowest BCUT2D eigenvalue weighted by Crippen LogP contribution is -2.27. The highest BCUT2D eigenvalue weighted by Crippen LogP contribution is 2.16. The predicted octanol–water partition coefficient (Wildman–Crippen LogP) is 3.18. The van der Waals surface area contributed by atoms with Crippen LogP contribution in [0.1, 0.15) is 29.3 Å². The molecule has 0 radical (unpaired) electrons. The second-order valence-corrected chi connectivity index (χ2v) is 5.44. The van der Waals surface area contributed by atoms with Crippen LogP contribution in [0.3, 0.4) is 0 Å². The van der Waals surface area contributed by atoms with E-state index in [0.29, 0.717) is 13.0 Å². The molecule has 0 saturated carbocycles. The number of halogens is 3. The van der Waals surface area contributed by atoms with Gasteiger partial charge in [-0.2, -0.15) is 0 Å². The molecule has 1 amide bonds. The zero-order valence-corrected chi connectivity index (χ0v) is 11.3. The molecule has 0 aliphatic carbocycles. The molecule has 0 bridgehead atoms. The van der Waals surface area contributed by atoms with Gasteiger partial charge >= 0.3 is 0 Å². The molecule has 1 aromatic carbocycles. The number of hydrogen-bond donors (Lipinski definition) is 1. The Morgan fingerprint density at radius 3 is 2.71 bits per heavy atom. The first-order valence-corrected chi connectivity index (χ1v) is 6.22. The fourth-order valence-corrected chi connectivity index (χ4v) is 1.57. The first-order chi connectivity index (χ1) is 7.93. The zero-order chi connectivity index (χ0) is 13.0. The van der Waals surface area contributed by atoms with E-state index in [0.717, 1.165) is 6.07 Å². The summed E-state index contributed by atoms with van der Waals surface area (Å²) in [6.07, 6.45) is 0.695. The van der Waals surface area contributed by atoms with Gasteiger partial charge in [0.25, 0.3) is 5.91 Å². The van der Waals surface area contributed by atoms with Crippen LogP contribution in [0.2, 0.25) is 0 Å². The van der Waals surface area contributed by atoms with Gasteiger partial charge in [0.15, 0.2) is 0 Å². The second-order valence-electron chi connectivity index (χ2n) is 3.88. The fraction of sp³-hybridized carbons (Fsp3) is 0.417. The Bertz CT molecular complexity index is 421. The summed E-state index contributed by atoms with van der Waals surface area (Å²) in [5.74, 6) is -2.34. The van der Waals surface area contributed by atoms with Gasteiger partial charge in [-0.25, -0.2) is 8.78 Å². The van der Waals surface area contributed by atoms with Crippen LogP contribution >= 0.6 is 15.9 Å². The molecule has 0 spiro atoms. The molecule has 17 heavy (non-hydrogen) atoms. The highest BCUT2D eigenvalue weighted by molar-refractivity contribution is 9.09. The maximum absolute atomic E-state index is 13.6. The van der Waals surface area contributed by atoms with E-state index in [4.69, 9.17) is 0 Å². The molecule has 1 unspecified atom stereocenters. The van der Waals surface area contributed by atoms with E-state index >= 15 is 0 Å². The molecule has 1 N–H and O–H groups in total. The van der Waals surface area contributed by atoms with Crippen molar-refractivity contribution in [2.45, 2.75) is 25.1 Å². The predicted molar refractivity (Wildman–Crippen MR) is 66.4 cm³/mol. The van der Waals surface area contributed by atoms with Crippen LogP contribution in [0.4, 0.5) is 8.78 Å². The molecule has 1 aromatic rings. The van der Waals surface area contributed by atoms with Crippen LogP contribution in [0.15, 0.2) is 12.1 Å². The Hall–Kier alpha value is -0.970. The summed E-state index contributed by atoms with van der Waals surface area (Å²) in [6, 6.07) is 2.41. The molecule has 5 heteroatoms. The standard InChI is InChI=1S/C12H14BrF2NO/c1-7-3-4-9(14)10(11(7)15)12(17)16-6-5-8(2)13/h3-4,8H,5-6H2,1-2H3,(H,16,17). The van der Waals surface area contributed by atoms with E-state index in [9.17, 15) is 13.6 Å². The molecular weight excluding hydrogens is 292 g/mol. The Morgan fingerprint density at radius 1 is 1.47 bits per heavy atom. The van der Waals surface area contributed by atoms with Crippen molar-refractivity contribution in [3.63, 3.8) is 0 Å². The molecule has 0 saturated heterocycles. The number of benzene rings is 1. The van der Waals surface area contributed by atoms with Gasteiger partial charge < -0.3 is 5.32 Å². The highest BCUT2D eigenvalue weighted by atomic mass is 79.9. The van der Waals surface area contributed by atoms with Gasteiger partial charge in [-0.15, -0.1) is 0 Å². The van der Waals surface area contributed by atoms with Crippen molar-refractivity contribution in [2.24, 2.45) is 0 Å². The maximum atomic E-state index is 13.6. The number of amides is 1. The van der Waals surface area contributed by atoms with E-state index < -0.39 is 23.1 Å². The molecule has 1 rings (SSSR count). The molecule has 0 heterocycles. The highest BCUT2D eigenvalue weighted by Gasteiger charge is 2.18. The van der Waals surface area contributed by atoms with Crippen molar-refractivity contribution in [1.29, 1.82) is 0 Å². The summed E-state index contributed by atoms with van der Waals surface area (Å²) in [5.41, 5.74) is -0.252. The van der Waals surface area contributed by atoms with Gasteiger partial charge in [-0.1, -0.05) is 28.9 Å². The zero-order valence-electron chi connectivity index (χ0n) is 9.69. The summed E-state index contributed by atoms with van der Waals surface area (Å²) in [4.78, 5) is 11.9. The minimum absolute atomic E-state index is 0.245. The fourth-order valence-electron chi connectivity index (χ4n) is 1.34. The van der Waals surface area contributed by atoms with E-state index in [-0.39, 0.29) is 10.4 Å². The number of carbonyl (C=O) groups excluding carboxylic acids is 1. The molecular formula is C12H14BrF2NO. The van der Waals surface area contributed by atoms with Crippen LogP contribution in [-0.2, 0) is 0 Å². The molecule has 1 atom stereocenters. The third-order valence-corrected chi connectivity index (χ3v) is 2.80. The monoisotopic (exact) mass is 305 g/mol. The lowest BCUT2D eigenvalue weighted by Gasteiger charge is -2.09. The number of aryl methyl sites for hydroxylation is 1. The van der Waals surface area contributed by atoms with E-state index in [1.54, 1.807) is 0 Å². The van der Waals surface area contributed by atoms with Crippen LogP contribution < -0.4 is 5.32 Å². The molecule has 0 aliphatic rings. The quantitative estimate of drug-likeness (QED) is 0.851. The first-order valence-electron chi connectivity index (χ1n) is 5.30. The third kappa shape index (κ3) is 3.77. The number of carbonyl (C=O) groups is 1. The minimum atomic E-state index is -0.836. The lowest BCUT2D eigenvalue weighted by molar-refractivity contribution is 0.0944. The maximum Gasteiger partial charge on any atom is 0.257 e. The van der Waals surface area contributed by atoms with E-state index in [2.05, 4.69) is 21.2 Å². The summed E-state index contributed by atoms with van der Waals surface area (Å²) in [6.45, 7) is 3.80. The Kier molecular flexibility index (Phi) is 5.05. The molecule has 0 fully saturated rings. The third-order valence-electron chi connectivity index (χ3n) is 2.34. The van der Waals surface area contributed by atoms with Gasteiger partial charge in [0.05, 0.1) is 0 Å². The lowest BCUT2D eigenvalue weighted by atomic mass is 10.1. The van der Waals surface area contributed by atoms with Crippen molar-refractivity contribution in [1.82, 2.24) is 5.32 Å². The Morgan fingerprint density at radius 2 is 2.12 bits per heavy atom. The normalized spacial score (nSPS) is 12.3. The first kappa shape index (κ1) is 14.1. The molecule has 0 aliphatic heterocycles. The summed E-state index contributed by atoms with van der Waals surface area (Å²) < 4.78 is 26.9. The van der Waals surface area contributed by atoms with Crippen molar-refractivity contribution < 1.29 is 13.6 Å². The van der Waals surface area contributed by atoms with Crippen LogP contribution in [0.5, 0.6) is 0 Å². The molecule has 94 valence electrons. The Balaban J connectivity index is 2.79. The SMILES string of the molecule is Cc1ccc(F)c(C(=O)NCCC(C)Br)c1F. The minimum Gasteiger partial charge on any atom is -0.352 e. The van der Waals surface area contributed by atoms with Gasteiger partial charge in [0.2, 0.25) is 0 Å². The van der Waals surface area contributed by atoms with Crippen molar-refractivity contribution in [3.8, 4) is 0 Å². The average Bonchev–Trinajstić information content (AvgIpc) is 2.23. The largest absolute Gasteiger partial charge is 0.352 e. The molecule has 0 aromatic heterocycles. The van der Waals surface area contributed by atoms with Crippen molar-refractivity contribution in [2.75, 3.05) is 6.54 Å². The second kappa shape index (κ2) is 6.10. The van der Waals surface area contributed by atoms with Crippen LogP contribution in [0.25, 0.3) is 0 Å². The summed E-state index contributed by atoms with van der Waals surface area (Å²) in [7, 11) is 0. The van der Waals surface area contributed by atoms with Gasteiger partial charge in [0.1, 0.15) is 17.2 Å². The summed E-state index contributed by atoms with van der Waals surface area (Å²) >= 11 is 3.32. The van der Waals surface area contributed by atoms with E-state index in [1.807, 2.05) is 6.92 Å². The number of rotatable bonds is 4. The van der Waals surface area contributed by atoms with Gasteiger partial charge in [-0.3, -0.25) is 4.79 Å². The van der Waals surface area contributed by atoms with Gasteiger partial charge in [-0.05, 0) is 25.0 Å². The van der Waals surface area contributed by atoms with Gasteiger partial charge in [0, 0.05) is 11.4 Å². The van der Waals surface area contributed by atoms with Crippen LogP contribution in [0, 0.1) is 18.6 Å². The topological polar surface area (TPSA) is 29.1 Å².